The number of benzene rings is 2. The second-order valence-corrected chi connectivity index (χ2v) is 5.12. The van der Waals surface area contributed by atoms with Crippen molar-refractivity contribution in [3.63, 3.8) is 0 Å². The van der Waals surface area contributed by atoms with Gasteiger partial charge in [-0.15, -0.1) is 0 Å². The Balaban J connectivity index is 1.78. The summed E-state index contributed by atoms with van der Waals surface area (Å²) >= 11 is 0. The SMILES string of the molecule is CNCc1cc2c(cc1OCc1ccc(C)cc1)OCO2. The van der Waals surface area contributed by atoms with Crippen LogP contribution in [0.4, 0.5) is 0 Å². The zero-order valence-corrected chi connectivity index (χ0v) is 12.3. The standard InChI is InChI=1S/C17H19NO3/c1-12-3-5-13(6-4-12)10-19-15-8-17-16(20-11-21-17)7-14(15)9-18-2/h3-8,18H,9-11H2,1-2H3. The van der Waals surface area contributed by atoms with Gasteiger partial charge in [0.1, 0.15) is 12.4 Å². The summed E-state index contributed by atoms with van der Waals surface area (Å²) in [5.41, 5.74) is 3.46. The molecule has 1 aliphatic heterocycles. The van der Waals surface area contributed by atoms with Crippen LogP contribution in [0.1, 0.15) is 16.7 Å². The van der Waals surface area contributed by atoms with Gasteiger partial charge in [-0.3, -0.25) is 0 Å². The molecule has 0 saturated carbocycles. The molecule has 3 rings (SSSR count). The Morgan fingerprint density at radius 2 is 1.81 bits per heavy atom. The predicted molar refractivity (Wildman–Crippen MR) is 80.8 cm³/mol. The van der Waals surface area contributed by atoms with Crippen molar-refractivity contribution in [2.45, 2.75) is 20.1 Å². The van der Waals surface area contributed by atoms with E-state index in [4.69, 9.17) is 14.2 Å². The highest BCUT2D eigenvalue weighted by atomic mass is 16.7. The number of nitrogens with one attached hydrogen (secondary N) is 1. The molecule has 2 aromatic carbocycles. The fourth-order valence-corrected chi connectivity index (χ4v) is 2.27. The number of aryl methyl sites for hydroxylation is 1. The molecule has 2 aromatic rings. The lowest BCUT2D eigenvalue weighted by molar-refractivity contribution is 0.173. The molecule has 1 N–H and O–H groups in total. The summed E-state index contributed by atoms with van der Waals surface area (Å²) in [5, 5.41) is 3.14. The third kappa shape index (κ3) is 3.11. The lowest BCUT2D eigenvalue weighted by Crippen LogP contribution is -2.07. The number of hydrogen-bond donors (Lipinski definition) is 1. The Bertz CT molecular complexity index is 623. The lowest BCUT2D eigenvalue weighted by atomic mass is 10.1. The molecule has 1 aliphatic rings. The Hall–Kier alpha value is -2.20. The van der Waals surface area contributed by atoms with Gasteiger partial charge in [0.2, 0.25) is 6.79 Å². The molecule has 1 heterocycles. The van der Waals surface area contributed by atoms with Crippen LogP contribution in [-0.2, 0) is 13.2 Å². The minimum atomic E-state index is 0.274. The topological polar surface area (TPSA) is 39.7 Å². The number of fused-ring (bicyclic) bond motifs is 1. The van der Waals surface area contributed by atoms with Gasteiger partial charge in [0.15, 0.2) is 11.5 Å². The van der Waals surface area contributed by atoms with Crippen molar-refractivity contribution in [1.82, 2.24) is 5.32 Å². The molecule has 21 heavy (non-hydrogen) atoms. The fourth-order valence-electron chi connectivity index (χ4n) is 2.27. The van der Waals surface area contributed by atoms with Crippen molar-refractivity contribution in [3.8, 4) is 17.2 Å². The maximum atomic E-state index is 5.97. The van der Waals surface area contributed by atoms with E-state index in [-0.39, 0.29) is 6.79 Å². The number of ether oxygens (including phenoxy) is 3. The van der Waals surface area contributed by atoms with E-state index in [1.54, 1.807) is 0 Å². The van der Waals surface area contributed by atoms with Crippen molar-refractivity contribution < 1.29 is 14.2 Å². The zero-order chi connectivity index (χ0) is 14.7. The van der Waals surface area contributed by atoms with E-state index in [1.807, 2.05) is 19.2 Å². The Morgan fingerprint density at radius 3 is 2.52 bits per heavy atom. The first-order valence-electron chi connectivity index (χ1n) is 7.02. The lowest BCUT2D eigenvalue weighted by Gasteiger charge is -2.12. The van der Waals surface area contributed by atoms with Crippen molar-refractivity contribution in [1.29, 1.82) is 0 Å². The van der Waals surface area contributed by atoms with Gasteiger partial charge in [-0.2, -0.15) is 0 Å². The van der Waals surface area contributed by atoms with E-state index < -0.39 is 0 Å². The fraction of sp³-hybridized carbons (Fsp3) is 0.294. The van der Waals surface area contributed by atoms with Crippen LogP contribution in [0, 0.1) is 6.92 Å². The molecule has 0 aliphatic carbocycles. The molecule has 0 unspecified atom stereocenters. The van der Waals surface area contributed by atoms with Crippen molar-refractivity contribution >= 4 is 0 Å². The van der Waals surface area contributed by atoms with Gasteiger partial charge >= 0.3 is 0 Å². The van der Waals surface area contributed by atoms with Crippen LogP contribution >= 0.6 is 0 Å². The molecule has 0 amide bonds. The number of rotatable bonds is 5. The summed E-state index contributed by atoms with van der Waals surface area (Å²) in [4.78, 5) is 0. The summed E-state index contributed by atoms with van der Waals surface area (Å²) in [6.45, 7) is 3.61. The largest absolute Gasteiger partial charge is 0.488 e. The third-order valence-corrected chi connectivity index (χ3v) is 3.44. The van der Waals surface area contributed by atoms with E-state index >= 15 is 0 Å². The molecule has 0 atom stereocenters. The first kappa shape index (κ1) is 13.8. The minimum Gasteiger partial charge on any atom is -0.488 e. The molecule has 0 saturated heterocycles. The summed E-state index contributed by atoms with van der Waals surface area (Å²) in [6.07, 6.45) is 0. The van der Waals surface area contributed by atoms with Gasteiger partial charge in [-0.25, -0.2) is 0 Å². The van der Waals surface area contributed by atoms with Crippen LogP contribution in [0.5, 0.6) is 17.2 Å². The van der Waals surface area contributed by atoms with Crippen LogP contribution in [-0.4, -0.2) is 13.8 Å². The van der Waals surface area contributed by atoms with Gasteiger partial charge in [0, 0.05) is 18.2 Å². The van der Waals surface area contributed by atoms with E-state index in [0.717, 1.165) is 34.9 Å². The van der Waals surface area contributed by atoms with Gasteiger partial charge in [-0.05, 0) is 25.6 Å². The molecular formula is C17H19NO3. The second-order valence-electron chi connectivity index (χ2n) is 5.12. The second kappa shape index (κ2) is 6.06. The minimum absolute atomic E-state index is 0.274. The van der Waals surface area contributed by atoms with Gasteiger partial charge in [0.05, 0.1) is 0 Å². The average molecular weight is 285 g/mol. The first-order chi connectivity index (χ1) is 10.3. The summed E-state index contributed by atoms with van der Waals surface area (Å²) in [5.74, 6) is 2.35. The average Bonchev–Trinajstić information content (AvgIpc) is 2.94. The molecule has 0 spiro atoms. The molecule has 0 radical (unpaired) electrons. The normalized spacial score (nSPS) is 12.5. The van der Waals surface area contributed by atoms with Gasteiger partial charge in [0.25, 0.3) is 0 Å². The molecule has 0 fully saturated rings. The molecule has 0 bridgehead atoms. The highest BCUT2D eigenvalue weighted by Gasteiger charge is 2.17. The van der Waals surface area contributed by atoms with Crippen LogP contribution in [0.2, 0.25) is 0 Å². The first-order valence-corrected chi connectivity index (χ1v) is 7.02. The quantitative estimate of drug-likeness (QED) is 0.916. The highest BCUT2D eigenvalue weighted by molar-refractivity contribution is 5.51. The summed E-state index contributed by atoms with van der Waals surface area (Å²) < 4.78 is 16.8. The van der Waals surface area contributed by atoms with Crippen LogP contribution in [0.15, 0.2) is 36.4 Å². The molecule has 4 nitrogen and oxygen atoms in total. The Labute approximate surface area is 124 Å². The van der Waals surface area contributed by atoms with E-state index in [0.29, 0.717) is 6.61 Å². The predicted octanol–water partition coefficient (Wildman–Crippen LogP) is 3.02. The van der Waals surface area contributed by atoms with Crippen LogP contribution < -0.4 is 19.5 Å². The Kier molecular flexibility index (Phi) is 3.97. The maximum absolute atomic E-state index is 5.97. The zero-order valence-electron chi connectivity index (χ0n) is 12.3. The van der Waals surface area contributed by atoms with E-state index in [2.05, 4.69) is 36.5 Å². The summed E-state index contributed by atoms with van der Waals surface area (Å²) in [6, 6.07) is 12.2. The van der Waals surface area contributed by atoms with Crippen LogP contribution in [0.3, 0.4) is 0 Å². The smallest absolute Gasteiger partial charge is 0.231 e. The highest BCUT2D eigenvalue weighted by Crippen LogP contribution is 2.38. The monoisotopic (exact) mass is 285 g/mol. The van der Waals surface area contributed by atoms with E-state index in [9.17, 15) is 0 Å². The van der Waals surface area contributed by atoms with Crippen molar-refractivity contribution in [3.05, 3.63) is 53.1 Å². The van der Waals surface area contributed by atoms with Crippen LogP contribution in [0.25, 0.3) is 0 Å². The molecular weight excluding hydrogens is 266 g/mol. The third-order valence-electron chi connectivity index (χ3n) is 3.44. The molecule has 0 aromatic heterocycles. The summed E-state index contributed by atoms with van der Waals surface area (Å²) in [7, 11) is 1.91. The van der Waals surface area contributed by atoms with Gasteiger partial charge in [-0.1, -0.05) is 29.8 Å². The molecule has 110 valence electrons. The maximum Gasteiger partial charge on any atom is 0.231 e. The number of hydrogen-bond acceptors (Lipinski definition) is 4. The van der Waals surface area contributed by atoms with Gasteiger partial charge < -0.3 is 19.5 Å². The van der Waals surface area contributed by atoms with E-state index in [1.165, 1.54) is 5.56 Å². The Morgan fingerprint density at radius 1 is 1.10 bits per heavy atom. The van der Waals surface area contributed by atoms with Crippen molar-refractivity contribution in [2.75, 3.05) is 13.8 Å². The molecule has 4 heteroatoms. The van der Waals surface area contributed by atoms with Crippen molar-refractivity contribution in [2.24, 2.45) is 0 Å².